The summed E-state index contributed by atoms with van der Waals surface area (Å²) in [6, 6.07) is 5.66. The van der Waals surface area contributed by atoms with Crippen molar-refractivity contribution >= 4 is 17.7 Å². The number of nitrogens with one attached hydrogen (secondary N) is 2. The van der Waals surface area contributed by atoms with E-state index in [1.807, 2.05) is 0 Å². The lowest BCUT2D eigenvalue weighted by molar-refractivity contribution is 0.102. The van der Waals surface area contributed by atoms with E-state index in [0.717, 1.165) is 6.07 Å². The first kappa shape index (κ1) is 17.7. The zero-order chi connectivity index (χ0) is 18.8. The molecule has 0 saturated carbocycles. The molecule has 0 bridgehead atoms. The number of benzene rings is 2. The molecule has 0 fully saturated rings. The summed E-state index contributed by atoms with van der Waals surface area (Å²) in [7, 11) is 0. The highest BCUT2D eigenvalue weighted by Crippen LogP contribution is 2.37. The van der Waals surface area contributed by atoms with Crippen LogP contribution in [0.3, 0.4) is 0 Å². The Bertz CT molecular complexity index is 886. The fraction of sp³-hybridized carbons (Fsp3) is 0.222. The number of carbonyl (C=O) groups excluding carboxylic acids is 1. The van der Waals surface area contributed by atoms with Crippen LogP contribution in [0.5, 0.6) is 5.75 Å². The van der Waals surface area contributed by atoms with Gasteiger partial charge in [0.25, 0.3) is 5.91 Å². The molecule has 3 rings (SSSR count). The molecule has 26 heavy (non-hydrogen) atoms. The third-order valence-corrected chi connectivity index (χ3v) is 4.10. The number of hydrogen-bond acceptors (Lipinski definition) is 3. The predicted molar refractivity (Wildman–Crippen MR) is 89.5 cm³/mol. The molecule has 0 aromatic heterocycles. The van der Waals surface area contributed by atoms with Crippen LogP contribution in [0, 0.1) is 18.6 Å². The van der Waals surface area contributed by atoms with Crippen LogP contribution < -0.4 is 15.4 Å². The summed E-state index contributed by atoms with van der Waals surface area (Å²) in [4.78, 5) is 23.5. The molecule has 1 aliphatic rings. The lowest BCUT2D eigenvalue weighted by Gasteiger charge is -2.27. The van der Waals surface area contributed by atoms with Crippen LogP contribution in [0.1, 0.15) is 33.9 Å². The van der Waals surface area contributed by atoms with E-state index in [2.05, 4.69) is 10.6 Å². The number of carbonyl (C=O) groups is 2. The van der Waals surface area contributed by atoms with Gasteiger partial charge in [0.15, 0.2) is 0 Å². The van der Waals surface area contributed by atoms with E-state index in [1.165, 1.54) is 24.3 Å². The average molecular weight is 362 g/mol. The van der Waals surface area contributed by atoms with Crippen LogP contribution in [0.2, 0.25) is 0 Å². The van der Waals surface area contributed by atoms with Gasteiger partial charge in [0, 0.05) is 12.1 Å². The van der Waals surface area contributed by atoms with Gasteiger partial charge < -0.3 is 20.5 Å². The van der Waals surface area contributed by atoms with Crippen LogP contribution in [-0.4, -0.2) is 23.7 Å². The Morgan fingerprint density at radius 1 is 1.19 bits per heavy atom. The van der Waals surface area contributed by atoms with Gasteiger partial charge >= 0.3 is 6.09 Å². The number of carboxylic acid groups (broad SMARTS) is 1. The number of halogens is 2. The van der Waals surface area contributed by atoms with E-state index >= 15 is 0 Å². The molecule has 0 aliphatic carbocycles. The van der Waals surface area contributed by atoms with Gasteiger partial charge in [0.2, 0.25) is 0 Å². The molecule has 0 unspecified atom stereocenters. The Kier molecular flexibility index (Phi) is 4.75. The largest absolute Gasteiger partial charge is 0.492 e. The van der Waals surface area contributed by atoms with Crippen LogP contribution in [-0.2, 0) is 0 Å². The fourth-order valence-corrected chi connectivity index (χ4v) is 2.87. The summed E-state index contributed by atoms with van der Waals surface area (Å²) >= 11 is 0. The smallest absolute Gasteiger partial charge is 0.405 e. The molecule has 2 aromatic carbocycles. The van der Waals surface area contributed by atoms with Crippen LogP contribution in [0.15, 0.2) is 30.3 Å². The van der Waals surface area contributed by atoms with Crippen molar-refractivity contribution in [1.82, 2.24) is 5.32 Å². The molecule has 136 valence electrons. The first-order valence-corrected chi connectivity index (χ1v) is 7.89. The maximum Gasteiger partial charge on any atom is 0.405 e. The fourth-order valence-electron chi connectivity index (χ4n) is 2.87. The van der Waals surface area contributed by atoms with Crippen LogP contribution in [0.25, 0.3) is 0 Å². The summed E-state index contributed by atoms with van der Waals surface area (Å²) in [6.07, 6.45) is -1.04. The minimum atomic E-state index is -1.29. The molecule has 1 atom stereocenters. The second-order valence-electron chi connectivity index (χ2n) is 5.90. The van der Waals surface area contributed by atoms with Gasteiger partial charge in [-0.15, -0.1) is 0 Å². The molecule has 2 amide bonds. The van der Waals surface area contributed by atoms with Gasteiger partial charge in [-0.25, -0.2) is 13.6 Å². The van der Waals surface area contributed by atoms with E-state index in [4.69, 9.17) is 9.84 Å². The maximum atomic E-state index is 14.3. The molecule has 6 nitrogen and oxygen atoms in total. The molecular weight excluding hydrogens is 346 g/mol. The highest BCUT2D eigenvalue weighted by molar-refractivity contribution is 6.06. The molecule has 0 saturated heterocycles. The monoisotopic (exact) mass is 362 g/mol. The van der Waals surface area contributed by atoms with Crippen molar-refractivity contribution in [2.24, 2.45) is 0 Å². The van der Waals surface area contributed by atoms with E-state index in [0.29, 0.717) is 11.3 Å². The summed E-state index contributed by atoms with van der Waals surface area (Å²) in [5.41, 5.74) is 0.816. The second-order valence-corrected chi connectivity index (χ2v) is 5.90. The Labute approximate surface area is 147 Å². The number of hydrogen-bond donors (Lipinski definition) is 3. The number of rotatable bonds is 3. The van der Waals surface area contributed by atoms with Gasteiger partial charge in [0.05, 0.1) is 23.8 Å². The van der Waals surface area contributed by atoms with Crippen molar-refractivity contribution in [2.45, 2.75) is 19.4 Å². The average Bonchev–Trinajstić information content (AvgIpc) is 2.58. The lowest BCUT2D eigenvalue weighted by atomic mass is 9.96. The van der Waals surface area contributed by atoms with Crippen LogP contribution >= 0.6 is 0 Å². The lowest BCUT2D eigenvalue weighted by Crippen LogP contribution is -2.32. The number of ether oxygens (including phenoxy) is 1. The zero-order valence-electron chi connectivity index (χ0n) is 13.8. The summed E-state index contributed by atoms with van der Waals surface area (Å²) in [5.74, 6) is -1.62. The maximum absolute atomic E-state index is 14.3. The van der Waals surface area contributed by atoms with Gasteiger partial charge in [0.1, 0.15) is 17.4 Å². The Morgan fingerprint density at radius 3 is 2.62 bits per heavy atom. The number of anilines is 1. The van der Waals surface area contributed by atoms with Crippen molar-refractivity contribution < 1.29 is 28.2 Å². The van der Waals surface area contributed by atoms with Crippen molar-refractivity contribution in [1.29, 1.82) is 0 Å². The quantitative estimate of drug-likeness (QED) is 0.778. The third kappa shape index (κ3) is 3.44. The number of fused-ring (bicyclic) bond motifs is 1. The van der Waals surface area contributed by atoms with Crippen molar-refractivity contribution in [3.05, 3.63) is 58.7 Å². The first-order chi connectivity index (χ1) is 12.4. The molecule has 0 spiro atoms. The van der Waals surface area contributed by atoms with Gasteiger partial charge in [-0.3, -0.25) is 4.79 Å². The SMILES string of the molecule is Cc1cc(NC(=O)c2ccc(F)c3c2OCC[C@@H]3NC(=O)O)ccc1F. The zero-order valence-corrected chi connectivity index (χ0v) is 13.8. The van der Waals surface area contributed by atoms with Gasteiger partial charge in [-0.1, -0.05) is 0 Å². The van der Waals surface area contributed by atoms with Crippen molar-refractivity contribution in [3.63, 3.8) is 0 Å². The topological polar surface area (TPSA) is 87.7 Å². The third-order valence-electron chi connectivity index (χ3n) is 4.10. The Hall–Kier alpha value is -3.16. The molecule has 0 radical (unpaired) electrons. The van der Waals surface area contributed by atoms with E-state index in [-0.39, 0.29) is 29.9 Å². The summed E-state index contributed by atoms with van der Waals surface area (Å²) in [5, 5.41) is 13.8. The van der Waals surface area contributed by atoms with E-state index < -0.39 is 29.7 Å². The van der Waals surface area contributed by atoms with Gasteiger partial charge in [-0.05, 0) is 42.8 Å². The van der Waals surface area contributed by atoms with Crippen molar-refractivity contribution in [2.75, 3.05) is 11.9 Å². The minimum absolute atomic E-state index is 0.00147. The van der Waals surface area contributed by atoms with Gasteiger partial charge in [-0.2, -0.15) is 0 Å². The molecule has 3 N–H and O–H groups in total. The molecule has 8 heteroatoms. The second kappa shape index (κ2) is 6.99. The Morgan fingerprint density at radius 2 is 1.92 bits per heavy atom. The standard InChI is InChI=1S/C18H16F2N2O4/c1-9-8-10(2-4-12(9)19)21-17(23)11-3-5-13(20)15-14(22-18(24)25)6-7-26-16(11)15/h2-5,8,14,22H,6-7H2,1H3,(H,21,23)(H,24,25)/t14-/m0/s1. The van der Waals surface area contributed by atoms with E-state index in [9.17, 15) is 18.4 Å². The molecule has 1 heterocycles. The molecular formula is C18H16F2N2O4. The predicted octanol–water partition coefficient (Wildman–Crippen LogP) is 3.62. The molecule has 2 aromatic rings. The highest BCUT2D eigenvalue weighted by Gasteiger charge is 2.30. The number of aryl methyl sites for hydroxylation is 1. The van der Waals surface area contributed by atoms with E-state index in [1.54, 1.807) is 6.92 Å². The van der Waals surface area contributed by atoms with Crippen LogP contribution in [0.4, 0.5) is 19.3 Å². The highest BCUT2D eigenvalue weighted by atomic mass is 19.1. The minimum Gasteiger partial charge on any atom is -0.492 e. The summed E-state index contributed by atoms with van der Waals surface area (Å²) in [6.45, 7) is 1.70. The molecule has 1 aliphatic heterocycles. The normalized spacial score (nSPS) is 15.6. The Balaban J connectivity index is 1.94. The first-order valence-electron chi connectivity index (χ1n) is 7.89. The summed E-state index contributed by atoms with van der Waals surface area (Å²) < 4.78 is 33.1. The number of amides is 2. The van der Waals surface area contributed by atoms with Crippen molar-refractivity contribution in [3.8, 4) is 5.75 Å².